The van der Waals surface area contributed by atoms with Gasteiger partial charge in [-0.1, -0.05) is 12.7 Å². The number of hydrogen-bond donors (Lipinski definition) is 1. The Labute approximate surface area is 110 Å². The van der Waals surface area contributed by atoms with E-state index in [1.165, 1.54) is 11.3 Å². The topological polar surface area (TPSA) is 33.6 Å². The molecule has 0 bridgehead atoms. The summed E-state index contributed by atoms with van der Waals surface area (Å²) in [5.41, 5.74) is 4.42. The molecule has 0 aromatic rings. The lowest BCUT2D eigenvalue weighted by molar-refractivity contribution is 0.412. The van der Waals surface area contributed by atoms with Gasteiger partial charge in [0.25, 0.3) is 0 Å². The van der Waals surface area contributed by atoms with Crippen LogP contribution in [0.4, 0.5) is 0 Å². The minimum Gasteiger partial charge on any atom is -0.359 e. The molecule has 0 aromatic heterocycles. The molecule has 3 nitrogen and oxygen atoms in total. The van der Waals surface area contributed by atoms with Crippen molar-refractivity contribution in [2.75, 3.05) is 13.2 Å². The Morgan fingerprint density at radius 2 is 2.44 bits per heavy atom. The summed E-state index contributed by atoms with van der Waals surface area (Å²) in [7, 11) is 0. The van der Waals surface area contributed by atoms with Crippen molar-refractivity contribution in [2.24, 2.45) is 4.99 Å². The highest BCUT2D eigenvalue weighted by atomic mass is 127. The van der Waals surface area contributed by atoms with Crippen LogP contribution in [0.15, 0.2) is 40.7 Å². The number of aliphatic imine (C=N–C) groups is 1. The standard InChI is InChI=1S/C12H15IN2O/c1-9-11-5-2-6-14-12(11)8-10(15-9)4-3-7-16-13/h5,8,15H,1-4,6-7H2. The van der Waals surface area contributed by atoms with Gasteiger partial charge in [0, 0.05) is 23.5 Å². The van der Waals surface area contributed by atoms with Crippen LogP contribution in [0.25, 0.3) is 0 Å². The van der Waals surface area contributed by atoms with E-state index in [1.807, 2.05) is 23.0 Å². The molecule has 16 heavy (non-hydrogen) atoms. The van der Waals surface area contributed by atoms with Crippen molar-refractivity contribution in [3.63, 3.8) is 0 Å². The lowest BCUT2D eigenvalue weighted by Gasteiger charge is -2.24. The molecular formula is C12H15IN2O. The second kappa shape index (κ2) is 5.63. The van der Waals surface area contributed by atoms with Crippen LogP contribution < -0.4 is 5.32 Å². The van der Waals surface area contributed by atoms with E-state index in [9.17, 15) is 0 Å². The van der Waals surface area contributed by atoms with Crippen molar-refractivity contribution < 1.29 is 3.07 Å². The van der Waals surface area contributed by atoms with Crippen molar-refractivity contribution >= 4 is 28.7 Å². The van der Waals surface area contributed by atoms with Gasteiger partial charge in [-0.25, -0.2) is 0 Å². The fourth-order valence-electron chi connectivity index (χ4n) is 1.90. The molecule has 0 amide bonds. The zero-order chi connectivity index (χ0) is 11.4. The molecule has 0 atom stereocenters. The minimum atomic E-state index is 0.779. The number of allylic oxidation sites excluding steroid dienone is 3. The summed E-state index contributed by atoms with van der Waals surface area (Å²) in [5, 5.41) is 3.33. The molecule has 0 spiro atoms. The van der Waals surface area contributed by atoms with Gasteiger partial charge in [0.1, 0.15) is 23.0 Å². The molecule has 2 aliphatic rings. The van der Waals surface area contributed by atoms with Crippen molar-refractivity contribution in [3.05, 3.63) is 35.7 Å². The highest BCUT2D eigenvalue weighted by Gasteiger charge is 2.18. The number of halogens is 1. The minimum absolute atomic E-state index is 0.779. The molecule has 0 unspecified atom stereocenters. The fourth-order valence-corrected chi connectivity index (χ4v) is 2.21. The van der Waals surface area contributed by atoms with Crippen LogP contribution in [0.2, 0.25) is 0 Å². The zero-order valence-corrected chi connectivity index (χ0v) is 11.3. The summed E-state index contributed by atoms with van der Waals surface area (Å²) in [6.07, 6.45) is 7.35. The van der Waals surface area contributed by atoms with Gasteiger partial charge in [-0.3, -0.25) is 4.99 Å². The van der Waals surface area contributed by atoms with Crippen LogP contribution in [0, 0.1) is 0 Å². The number of dihydropyridines is 1. The maximum Gasteiger partial charge on any atom is 0.109 e. The first kappa shape index (κ1) is 11.9. The first-order valence-electron chi connectivity index (χ1n) is 5.46. The van der Waals surface area contributed by atoms with Gasteiger partial charge < -0.3 is 8.38 Å². The molecule has 0 saturated heterocycles. The highest BCUT2D eigenvalue weighted by molar-refractivity contribution is 14.1. The third-order valence-corrected chi connectivity index (χ3v) is 3.09. The van der Waals surface area contributed by atoms with E-state index in [1.54, 1.807) is 0 Å². The molecule has 0 aromatic carbocycles. The summed E-state index contributed by atoms with van der Waals surface area (Å²) < 4.78 is 5.02. The van der Waals surface area contributed by atoms with Gasteiger partial charge in [0.15, 0.2) is 0 Å². The molecule has 2 rings (SSSR count). The largest absolute Gasteiger partial charge is 0.359 e. The molecule has 0 aliphatic carbocycles. The number of rotatable bonds is 4. The average molecular weight is 330 g/mol. The third-order valence-electron chi connectivity index (χ3n) is 2.65. The number of nitrogens with one attached hydrogen (secondary N) is 1. The van der Waals surface area contributed by atoms with E-state index in [0.717, 1.165) is 43.8 Å². The number of nitrogens with zero attached hydrogens (tertiary/aromatic N) is 1. The van der Waals surface area contributed by atoms with E-state index in [0.29, 0.717) is 0 Å². The zero-order valence-electron chi connectivity index (χ0n) is 9.13. The summed E-state index contributed by atoms with van der Waals surface area (Å²) in [6.45, 7) is 5.72. The summed E-state index contributed by atoms with van der Waals surface area (Å²) in [4.78, 5) is 4.52. The molecule has 0 fully saturated rings. The van der Waals surface area contributed by atoms with Crippen LogP contribution in [-0.2, 0) is 3.07 Å². The maximum absolute atomic E-state index is 5.02. The Bertz CT molecular complexity index is 382. The van der Waals surface area contributed by atoms with Crippen molar-refractivity contribution in [2.45, 2.75) is 19.3 Å². The normalized spacial score (nSPS) is 19.3. The van der Waals surface area contributed by atoms with Crippen molar-refractivity contribution in [1.29, 1.82) is 0 Å². The fraction of sp³-hybridized carbons (Fsp3) is 0.417. The SMILES string of the molecule is C=C1NC(CCCOI)=CC2=NCCC=C12. The Balaban J connectivity index is 2.06. The predicted octanol–water partition coefficient (Wildman–Crippen LogP) is 2.91. The number of hydrogen-bond acceptors (Lipinski definition) is 3. The summed E-state index contributed by atoms with van der Waals surface area (Å²) in [6, 6.07) is 0. The van der Waals surface area contributed by atoms with Crippen LogP contribution >= 0.6 is 23.0 Å². The molecule has 2 heterocycles. The molecule has 2 aliphatic heterocycles. The molecule has 86 valence electrons. The van der Waals surface area contributed by atoms with Gasteiger partial charge in [0.05, 0.1) is 12.3 Å². The van der Waals surface area contributed by atoms with Crippen molar-refractivity contribution in [1.82, 2.24) is 5.32 Å². The highest BCUT2D eigenvalue weighted by Crippen LogP contribution is 2.22. The first-order valence-corrected chi connectivity index (χ1v) is 6.34. The van der Waals surface area contributed by atoms with E-state index < -0.39 is 0 Å². The second-order valence-electron chi connectivity index (χ2n) is 3.86. The first-order chi connectivity index (χ1) is 7.81. The molecule has 1 N–H and O–H groups in total. The van der Waals surface area contributed by atoms with Crippen LogP contribution in [0.1, 0.15) is 19.3 Å². The van der Waals surface area contributed by atoms with Gasteiger partial charge in [-0.15, -0.1) is 0 Å². The van der Waals surface area contributed by atoms with E-state index >= 15 is 0 Å². The summed E-state index contributed by atoms with van der Waals surface area (Å²) in [5.74, 6) is 0. The van der Waals surface area contributed by atoms with E-state index in [-0.39, 0.29) is 0 Å². The van der Waals surface area contributed by atoms with Gasteiger partial charge in [-0.2, -0.15) is 0 Å². The van der Waals surface area contributed by atoms with Crippen LogP contribution in [0.3, 0.4) is 0 Å². The average Bonchev–Trinajstić information content (AvgIpc) is 2.30. The van der Waals surface area contributed by atoms with Gasteiger partial charge in [0.2, 0.25) is 0 Å². The lowest BCUT2D eigenvalue weighted by atomic mass is 9.98. The van der Waals surface area contributed by atoms with E-state index in [2.05, 4.69) is 29.0 Å². The Kier molecular flexibility index (Phi) is 4.17. The molecule has 0 saturated carbocycles. The Morgan fingerprint density at radius 1 is 1.56 bits per heavy atom. The maximum atomic E-state index is 5.02. The van der Waals surface area contributed by atoms with Gasteiger partial charge >= 0.3 is 0 Å². The van der Waals surface area contributed by atoms with E-state index in [4.69, 9.17) is 3.07 Å². The monoisotopic (exact) mass is 330 g/mol. The number of fused-ring (bicyclic) bond motifs is 1. The smallest absolute Gasteiger partial charge is 0.109 e. The quantitative estimate of drug-likeness (QED) is 0.635. The predicted molar refractivity (Wildman–Crippen MR) is 74.6 cm³/mol. The Morgan fingerprint density at radius 3 is 3.25 bits per heavy atom. The van der Waals surface area contributed by atoms with Crippen LogP contribution in [-0.4, -0.2) is 18.9 Å². The lowest BCUT2D eigenvalue weighted by Crippen LogP contribution is -2.25. The third kappa shape index (κ3) is 2.74. The molecular weight excluding hydrogens is 315 g/mol. The molecule has 4 heteroatoms. The summed E-state index contributed by atoms with van der Waals surface area (Å²) >= 11 is 1.93. The Hall–Kier alpha value is -0.620. The van der Waals surface area contributed by atoms with Crippen LogP contribution in [0.5, 0.6) is 0 Å². The van der Waals surface area contributed by atoms with Crippen molar-refractivity contribution in [3.8, 4) is 0 Å². The second-order valence-corrected chi connectivity index (χ2v) is 4.49. The molecule has 0 radical (unpaired) electrons. The van der Waals surface area contributed by atoms with Gasteiger partial charge in [-0.05, 0) is 25.3 Å².